The highest BCUT2D eigenvalue weighted by molar-refractivity contribution is 6.31. The fourth-order valence-corrected chi connectivity index (χ4v) is 4.44. The maximum absolute atomic E-state index is 13.1. The minimum atomic E-state index is -0.255. The molecule has 4 aromatic rings. The van der Waals surface area contributed by atoms with Gasteiger partial charge in [-0.2, -0.15) is 0 Å². The quantitative estimate of drug-likeness (QED) is 0.158. The molecule has 7 heteroatoms. The Kier molecular flexibility index (Phi) is 9.36. The summed E-state index contributed by atoms with van der Waals surface area (Å²) >= 11 is 6.08. The number of aliphatic hydroxyl groups is 1. The third-order valence-corrected chi connectivity index (χ3v) is 6.57. The van der Waals surface area contributed by atoms with Crippen LogP contribution in [0.1, 0.15) is 44.7 Å². The summed E-state index contributed by atoms with van der Waals surface area (Å²) < 4.78 is 0. The first kappa shape index (κ1) is 27.9. The molecule has 0 aliphatic heterocycles. The van der Waals surface area contributed by atoms with Gasteiger partial charge in [0, 0.05) is 51.9 Å². The second-order valence-electron chi connectivity index (χ2n) is 9.44. The number of aryl methyl sites for hydroxylation is 2. The van der Waals surface area contributed by atoms with Crippen LogP contribution in [-0.4, -0.2) is 30.1 Å². The number of unbranched alkanes of at least 4 members (excludes halogenated alkanes) is 1. The number of nitrogens with one attached hydrogen (secondary N) is 3. The van der Waals surface area contributed by atoms with Crippen LogP contribution in [-0.2, 0) is 0 Å². The molecule has 2 amide bonds. The van der Waals surface area contributed by atoms with Crippen LogP contribution in [0.4, 0.5) is 17.1 Å². The Bertz CT molecular complexity index is 1490. The van der Waals surface area contributed by atoms with E-state index >= 15 is 0 Å². The first-order valence-electron chi connectivity index (χ1n) is 12.9. The molecule has 0 saturated carbocycles. The van der Waals surface area contributed by atoms with Crippen molar-refractivity contribution in [2.75, 3.05) is 29.1 Å². The molecule has 39 heavy (non-hydrogen) atoms. The van der Waals surface area contributed by atoms with Gasteiger partial charge in [-0.1, -0.05) is 41.4 Å². The van der Waals surface area contributed by atoms with E-state index in [-0.39, 0.29) is 18.4 Å². The van der Waals surface area contributed by atoms with Crippen molar-refractivity contribution in [2.24, 2.45) is 0 Å². The van der Waals surface area contributed by atoms with E-state index in [2.05, 4.69) is 16.0 Å². The Morgan fingerprint density at radius 2 is 1.49 bits per heavy atom. The molecule has 0 radical (unpaired) electrons. The zero-order valence-electron chi connectivity index (χ0n) is 22.1. The summed E-state index contributed by atoms with van der Waals surface area (Å²) in [4.78, 5) is 26.1. The van der Waals surface area contributed by atoms with Gasteiger partial charge in [-0.25, -0.2) is 0 Å². The van der Waals surface area contributed by atoms with Crippen molar-refractivity contribution in [3.8, 4) is 11.1 Å². The van der Waals surface area contributed by atoms with Gasteiger partial charge in [-0.3, -0.25) is 9.59 Å². The van der Waals surface area contributed by atoms with Gasteiger partial charge in [0.1, 0.15) is 0 Å². The number of carbonyl (C=O) groups is 2. The van der Waals surface area contributed by atoms with Crippen molar-refractivity contribution in [1.82, 2.24) is 0 Å². The Labute approximate surface area is 234 Å². The summed E-state index contributed by atoms with van der Waals surface area (Å²) in [5, 5.41) is 18.8. The van der Waals surface area contributed by atoms with Crippen LogP contribution in [0.3, 0.4) is 0 Å². The monoisotopic (exact) mass is 541 g/mol. The fraction of sp³-hybridized carbons (Fsp3) is 0.188. The summed E-state index contributed by atoms with van der Waals surface area (Å²) in [5.41, 5.74) is 6.97. The second-order valence-corrected chi connectivity index (χ2v) is 9.87. The predicted molar refractivity (Wildman–Crippen MR) is 160 cm³/mol. The normalized spacial score (nSPS) is 10.7. The highest BCUT2D eigenvalue weighted by Gasteiger charge is 2.15. The molecule has 0 saturated heterocycles. The van der Waals surface area contributed by atoms with Gasteiger partial charge in [0.05, 0.1) is 0 Å². The van der Waals surface area contributed by atoms with Gasteiger partial charge in [-0.05, 0) is 98.5 Å². The molecule has 0 fully saturated rings. The molecule has 0 unspecified atom stereocenters. The molecule has 200 valence electrons. The lowest BCUT2D eigenvalue weighted by Crippen LogP contribution is -2.13. The van der Waals surface area contributed by atoms with Crippen molar-refractivity contribution < 1.29 is 14.7 Å². The summed E-state index contributed by atoms with van der Waals surface area (Å²) in [5.74, 6) is -0.475. The Hall–Kier alpha value is -4.13. The SMILES string of the molecule is Cc1ccc(NC(=O)c2cccc(Cl)c2)c(-c2cc(NC(=O)c3cccc(NCCCCO)c3)ccc2C)c1. The number of aliphatic hydroxyl groups excluding tert-OH is 1. The van der Waals surface area contributed by atoms with Crippen molar-refractivity contribution >= 4 is 40.5 Å². The van der Waals surface area contributed by atoms with Crippen LogP contribution in [0.2, 0.25) is 5.02 Å². The molecule has 0 aliphatic rings. The van der Waals surface area contributed by atoms with E-state index in [0.29, 0.717) is 27.5 Å². The topological polar surface area (TPSA) is 90.5 Å². The van der Waals surface area contributed by atoms with Gasteiger partial charge in [0.15, 0.2) is 0 Å². The molecule has 4 N–H and O–H groups in total. The summed E-state index contributed by atoms with van der Waals surface area (Å²) in [7, 11) is 0. The largest absolute Gasteiger partial charge is 0.396 e. The summed E-state index contributed by atoms with van der Waals surface area (Å²) in [6.07, 6.45) is 1.58. The Morgan fingerprint density at radius 3 is 2.26 bits per heavy atom. The van der Waals surface area contributed by atoms with Gasteiger partial charge < -0.3 is 21.1 Å². The lowest BCUT2D eigenvalue weighted by Gasteiger charge is -2.16. The van der Waals surface area contributed by atoms with Crippen molar-refractivity contribution in [1.29, 1.82) is 0 Å². The summed E-state index contributed by atoms with van der Waals surface area (Å²) in [6, 6.07) is 25.8. The Balaban J connectivity index is 1.56. The maximum atomic E-state index is 13.1. The molecular formula is C32H32ClN3O3. The average Bonchev–Trinajstić information content (AvgIpc) is 2.93. The lowest BCUT2D eigenvalue weighted by molar-refractivity contribution is 0.101. The van der Waals surface area contributed by atoms with Crippen LogP contribution < -0.4 is 16.0 Å². The number of carbonyl (C=O) groups excluding carboxylic acids is 2. The number of hydrogen-bond acceptors (Lipinski definition) is 4. The molecule has 0 atom stereocenters. The summed E-state index contributed by atoms with van der Waals surface area (Å²) in [6.45, 7) is 4.89. The van der Waals surface area contributed by atoms with E-state index in [1.165, 1.54) is 0 Å². The van der Waals surface area contributed by atoms with E-state index in [9.17, 15) is 9.59 Å². The minimum Gasteiger partial charge on any atom is -0.396 e. The van der Waals surface area contributed by atoms with Crippen LogP contribution in [0.5, 0.6) is 0 Å². The van der Waals surface area contributed by atoms with Crippen molar-refractivity contribution in [3.05, 3.63) is 112 Å². The van der Waals surface area contributed by atoms with Gasteiger partial charge in [-0.15, -0.1) is 0 Å². The minimum absolute atomic E-state index is 0.168. The van der Waals surface area contributed by atoms with Crippen molar-refractivity contribution in [3.63, 3.8) is 0 Å². The van der Waals surface area contributed by atoms with Crippen molar-refractivity contribution in [2.45, 2.75) is 26.7 Å². The van der Waals surface area contributed by atoms with Gasteiger partial charge in [0.25, 0.3) is 11.8 Å². The molecule has 0 aliphatic carbocycles. The molecule has 4 rings (SSSR count). The smallest absolute Gasteiger partial charge is 0.255 e. The zero-order chi connectivity index (χ0) is 27.8. The fourth-order valence-electron chi connectivity index (χ4n) is 4.25. The van der Waals surface area contributed by atoms with E-state index in [1.807, 2.05) is 68.4 Å². The van der Waals surface area contributed by atoms with E-state index < -0.39 is 0 Å². The molecule has 4 aromatic carbocycles. The third-order valence-electron chi connectivity index (χ3n) is 6.33. The highest BCUT2D eigenvalue weighted by Crippen LogP contribution is 2.34. The molecule has 0 spiro atoms. The number of benzene rings is 4. The first-order valence-corrected chi connectivity index (χ1v) is 13.3. The number of anilines is 3. The molecule has 0 bridgehead atoms. The second kappa shape index (κ2) is 13.1. The first-order chi connectivity index (χ1) is 18.8. The van der Waals surface area contributed by atoms with Crippen LogP contribution in [0, 0.1) is 13.8 Å². The standard InChI is InChI=1S/C32H32ClN3O3/c1-21-11-14-30(36-32(39)23-7-5-9-25(33)18-23)29(17-21)28-20-27(13-12-22(28)2)35-31(38)24-8-6-10-26(19-24)34-15-3-4-16-37/h5-14,17-20,34,37H,3-4,15-16H2,1-2H3,(H,35,38)(H,36,39). The number of hydrogen-bond donors (Lipinski definition) is 4. The molecular weight excluding hydrogens is 510 g/mol. The highest BCUT2D eigenvalue weighted by atomic mass is 35.5. The van der Waals surface area contributed by atoms with Crippen LogP contribution >= 0.6 is 11.6 Å². The Morgan fingerprint density at radius 1 is 0.744 bits per heavy atom. The third kappa shape index (κ3) is 7.47. The predicted octanol–water partition coefficient (Wildman–Crippen LogP) is 7.31. The number of rotatable bonds is 10. The average molecular weight is 542 g/mol. The molecule has 6 nitrogen and oxygen atoms in total. The lowest BCUT2D eigenvalue weighted by atomic mass is 9.96. The number of amides is 2. The van der Waals surface area contributed by atoms with Crippen LogP contribution in [0.25, 0.3) is 11.1 Å². The van der Waals surface area contributed by atoms with Crippen LogP contribution in [0.15, 0.2) is 84.9 Å². The van der Waals surface area contributed by atoms with E-state index in [1.54, 1.807) is 30.3 Å². The van der Waals surface area contributed by atoms with E-state index in [0.717, 1.165) is 47.3 Å². The maximum Gasteiger partial charge on any atom is 0.255 e. The molecule has 0 aromatic heterocycles. The van der Waals surface area contributed by atoms with E-state index in [4.69, 9.17) is 16.7 Å². The van der Waals surface area contributed by atoms with Gasteiger partial charge in [0.2, 0.25) is 0 Å². The molecule has 0 heterocycles. The zero-order valence-corrected chi connectivity index (χ0v) is 22.8. The van der Waals surface area contributed by atoms with Gasteiger partial charge >= 0.3 is 0 Å². The number of halogens is 1.